The molecule has 0 saturated carbocycles. The lowest BCUT2D eigenvalue weighted by Crippen LogP contribution is -2.08. The van der Waals surface area contributed by atoms with Gasteiger partial charge in [0.1, 0.15) is 17.1 Å². The highest BCUT2D eigenvalue weighted by molar-refractivity contribution is 5.85. The third-order valence-electron chi connectivity index (χ3n) is 4.01. The quantitative estimate of drug-likeness (QED) is 0.718. The molecule has 0 unspecified atom stereocenters. The molecule has 2 aromatic carbocycles. The van der Waals surface area contributed by atoms with E-state index >= 15 is 0 Å². The summed E-state index contributed by atoms with van der Waals surface area (Å²) in [6, 6.07) is 10.2. The number of aromatic hydroxyl groups is 1. The van der Waals surface area contributed by atoms with Crippen LogP contribution in [0.25, 0.3) is 11.0 Å². The lowest BCUT2D eigenvalue weighted by molar-refractivity contribution is 0.354. The Hall–Kier alpha value is -3.15. The summed E-state index contributed by atoms with van der Waals surface area (Å²) in [6.07, 6.45) is 0.205. The molecule has 0 atom stereocenters. The van der Waals surface area contributed by atoms with Crippen molar-refractivity contribution >= 4 is 11.0 Å². The first-order valence-corrected chi connectivity index (χ1v) is 7.61. The van der Waals surface area contributed by atoms with Crippen molar-refractivity contribution in [1.29, 1.82) is 0 Å². The normalized spacial score (nSPS) is 10.7. The molecule has 6 nitrogen and oxygen atoms in total. The first-order valence-electron chi connectivity index (χ1n) is 7.61. The van der Waals surface area contributed by atoms with Gasteiger partial charge in [-0.25, -0.2) is 4.79 Å². The summed E-state index contributed by atoms with van der Waals surface area (Å²) in [5.74, 6) is 1.59. The zero-order valence-corrected chi connectivity index (χ0v) is 14.2. The minimum absolute atomic E-state index is 0.0938. The highest BCUT2D eigenvalue weighted by Gasteiger charge is 2.16. The van der Waals surface area contributed by atoms with E-state index in [1.54, 1.807) is 43.5 Å². The minimum atomic E-state index is -0.590. The Morgan fingerprint density at radius 3 is 2.40 bits per heavy atom. The van der Waals surface area contributed by atoms with Crippen LogP contribution in [0.5, 0.6) is 23.0 Å². The fourth-order valence-corrected chi connectivity index (χ4v) is 2.68. The van der Waals surface area contributed by atoms with E-state index in [0.717, 1.165) is 5.56 Å². The van der Waals surface area contributed by atoms with Gasteiger partial charge in [0.25, 0.3) is 0 Å². The average Bonchev–Trinajstić information content (AvgIpc) is 2.64. The van der Waals surface area contributed by atoms with Gasteiger partial charge in [-0.05, 0) is 29.8 Å². The second-order valence-corrected chi connectivity index (χ2v) is 5.44. The largest absolute Gasteiger partial charge is 0.507 e. The van der Waals surface area contributed by atoms with Crippen molar-refractivity contribution in [2.75, 3.05) is 21.3 Å². The molecule has 0 saturated heterocycles. The van der Waals surface area contributed by atoms with Gasteiger partial charge in [-0.1, -0.05) is 6.07 Å². The van der Waals surface area contributed by atoms with E-state index in [1.165, 1.54) is 14.2 Å². The van der Waals surface area contributed by atoms with Crippen LogP contribution in [0.4, 0.5) is 0 Å². The molecule has 1 heterocycles. The first kappa shape index (κ1) is 16.7. The Morgan fingerprint density at radius 1 is 0.960 bits per heavy atom. The van der Waals surface area contributed by atoms with E-state index in [-0.39, 0.29) is 23.3 Å². The van der Waals surface area contributed by atoms with Gasteiger partial charge in [0.05, 0.1) is 32.3 Å². The standard InChI is InChI=1S/C19H18O6/c1-22-12-5-6-13-16(10-12)25-19(21)14(18(13)20)8-11-4-7-15(23-2)17(9-11)24-3/h4-7,9-10,20H,8H2,1-3H3. The molecule has 25 heavy (non-hydrogen) atoms. The van der Waals surface area contributed by atoms with Crippen LogP contribution >= 0.6 is 0 Å². The van der Waals surface area contributed by atoms with Crippen LogP contribution in [0.2, 0.25) is 0 Å². The Bertz CT molecular complexity index is 974. The zero-order chi connectivity index (χ0) is 18.0. The third kappa shape index (κ3) is 3.10. The molecule has 0 fully saturated rings. The zero-order valence-electron chi connectivity index (χ0n) is 14.2. The molecule has 0 aliphatic carbocycles. The maximum atomic E-state index is 12.3. The first-order chi connectivity index (χ1) is 12.1. The van der Waals surface area contributed by atoms with Crippen LogP contribution in [0.15, 0.2) is 45.6 Å². The monoisotopic (exact) mass is 342 g/mol. The number of rotatable bonds is 5. The van der Waals surface area contributed by atoms with Crippen LogP contribution in [-0.2, 0) is 6.42 Å². The smallest absolute Gasteiger partial charge is 0.343 e. The molecule has 3 rings (SSSR count). The molecule has 0 bridgehead atoms. The Labute approximate surface area is 144 Å². The van der Waals surface area contributed by atoms with Crippen molar-refractivity contribution in [2.24, 2.45) is 0 Å². The lowest BCUT2D eigenvalue weighted by atomic mass is 10.0. The fourth-order valence-electron chi connectivity index (χ4n) is 2.68. The van der Waals surface area contributed by atoms with Crippen molar-refractivity contribution in [3.8, 4) is 23.0 Å². The summed E-state index contributed by atoms with van der Waals surface area (Å²) >= 11 is 0. The lowest BCUT2D eigenvalue weighted by Gasteiger charge is -2.11. The second-order valence-electron chi connectivity index (χ2n) is 5.44. The Kier molecular flexibility index (Phi) is 4.52. The maximum absolute atomic E-state index is 12.3. The SMILES string of the molecule is COc1ccc2c(O)c(Cc3ccc(OC)c(OC)c3)c(=O)oc2c1. The summed E-state index contributed by atoms with van der Waals surface area (Å²) in [6.45, 7) is 0. The van der Waals surface area contributed by atoms with Crippen LogP contribution in [0.1, 0.15) is 11.1 Å². The summed E-state index contributed by atoms with van der Waals surface area (Å²) in [7, 11) is 4.61. The molecule has 0 amide bonds. The molecule has 6 heteroatoms. The van der Waals surface area contributed by atoms with E-state index in [1.807, 2.05) is 0 Å². The Morgan fingerprint density at radius 2 is 1.72 bits per heavy atom. The van der Waals surface area contributed by atoms with Gasteiger partial charge in [0.2, 0.25) is 0 Å². The average molecular weight is 342 g/mol. The predicted molar refractivity (Wildman–Crippen MR) is 93.1 cm³/mol. The van der Waals surface area contributed by atoms with Gasteiger partial charge in [0, 0.05) is 12.5 Å². The van der Waals surface area contributed by atoms with E-state index in [0.29, 0.717) is 22.6 Å². The van der Waals surface area contributed by atoms with Gasteiger partial charge < -0.3 is 23.7 Å². The molecular formula is C19H18O6. The molecular weight excluding hydrogens is 324 g/mol. The molecule has 1 N–H and O–H groups in total. The van der Waals surface area contributed by atoms with Gasteiger partial charge in [-0.15, -0.1) is 0 Å². The van der Waals surface area contributed by atoms with Gasteiger partial charge in [-0.2, -0.15) is 0 Å². The van der Waals surface area contributed by atoms with Crippen LogP contribution in [-0.4, -0.2) is 26.4 Å². The highest BCUT2D eigenvalue weighted by Crippen LogP contribution is 2.32. The molecule has 0 aliphatic heterocycles. The predicted octanol–water partition coefficient (Wildman–Crippen LogP) is 3.12. The number of fused-ring (bicyclic) bond motifs is 1. The third-order valence-corrected chi connectivity index (χ3v) is 4.01. The minimum Gasteiger partial charge on any atom is -0.507 e. The van der Waals surface area contributed by atoms with Crippen molar-refractivity contribution in [3.05, 3.63) is 57.9 Å². The van der Waals surface area contributed by atoms with E-state index in [4.69, 9.17) is 18.6 Å². The maximum Gasteiger partial charge on any atom is 0.343 e. The molecule has 130 valence electrons. The van der Waals surface area contributed by atoms with E-state index in [2.05, 4.69) is 0 Å². The van der Waals surface area contributed by atoms with Crippen LogP contribution in [0, 0.1) is 0 Å². The molecule has 0 radical (unpaired) electrons. The molecule has 0 spiro atoms. The highest BCUT2D eigenvalue weighted by atomic mass is 16.5. The van der Waals surface area contributed by atoms with Gasteiger partial charge in [0.15, 0.2) is 11.5 Å². The van der Waals surface area contributed by atoms with Crippen LogP contribution in [0.3, 0.4) is 0 Å². The van der Waals surface area contributed by atoms with E-state index in [9.17, 15) is 9.90 Å². The molecule has 1 aromatic heterocycles. The second kappa shape index (κ2) is 6.76. The van der Waals surface area contributed by atoms with Crippen LogP contribution < -0.4 is 19.8 Å². The van der Waals surface area contributed by atoms with Crippen molar-refractivity contribution in [1.82, 2.24) is 0 Å². The number of hydrogen-bond acceptors (Lipinski definition) is 6. The fraction of sp³-hybridized carbons (Fsp3) is 0.211. The number of hydrogen-bond donors (Lipinski definition) is 1. The molecule has 3 aromatic rings. The van der Waals surface area contributed by atoms with Crippen molar-refractivity contribution in [3.63, 3.8) is 0 Å². The van der Waals surface area contributed by atoms with Crippen molar-refractivity contribution in [2.45, 2.75) is 6.42 Å². The summed E-state index contributed by atoms with van der Waals surface area (Å²) < 4.78 is 20.9. The van der Waals surface area contributed by atoms with Gasteiger partial charge >= 0.3 is 5.63 Å². The van der Waals surface area contributed by atoms with E-state index < -0.39 is 5.63 Å². The van der Waals surface area contributed by atoms with Crippen molar-refractivity contribution < 1.29 is 23.7 Å². The summed E-state index contributed by atoms with van der Waals surface area (Å²) in [5.41, 5.74) is 0.656. The molecule has 0 aliphatic rings. The Balaban J connectivity index is 2.06. The topological polar surface area (TPSA) is 78.1 Å². The number of ether oxygens (including phenoxy) is 3. The number of methoxy groups -OCH3 is 3. The summed E-state index contributed by atoms with van der Waals surface area (Å²) in [5, 5.41) is 11.0. The van der Waals surface area contributed by atoms with Gasteiger partial charge in [-0.3, -0.25) is 0 Å². The number of benzene rings is 2. The summed E-state index contributed by atoms with van der Waals surface area (Å²) in [4.78, 5) is 12.3.